The van der Waals surface area contributed by atoms with Crippen molar-refractivity contribution in [3.63, 3.8) is 0 Å². The Kier molecular flexibility index (Phi) is 4.73. The molecule has 1 amide bonds. The van der Waals surface area contributed by atoms with E-state index < -0.39 is 9.84 Å². The van der Waals surface area contributed by atoms with Crippen LogP contribution in [0.2, 0.25) is 0 Å². The number of amides is 1. The molecule has 4 rings (SSSR count). The number of benzene rings is 1. The zero-order valence-corrected chi connectivity index (χ0v) is 16.3. The number of hydrogen-bond donors (Lipinski definition) is 2. The van der Waals surface area contributed by atoms with Crippen molar-refractivity contribution in [3.05, 3.63) is 53.5 Å². The summed E-state index contributed by atoms with van der Waals surface area (Å²) in [6.45, 7) is 2.27. The van der Waals surface area contributed by atoms with Gasteiger partial charge in [-0.1, -0.05) is 17.8 Å². The monoisotopic (exact) mass is 405 g/mol. The Labute approximate surface area is 161 Å². The molecule has 3 heterocycles. The van der Waals surface area contributed by atoms with Gasteiger partial charge in [-0.2, -0.15) is 0 Å². The smallest absolute Gasteiger partial charge is 0.251 e. The summed E-state index contributed by atoms with van der Waals surface area (Å²) in [4.78, 5) is 16.9. The number of carbonyl (C=O) groups excluding carboxylic acids is 1. The topological polar surface area (TPSA) is 101 Å². The average Bonchev–Trinajstić information content (AvgIpc) is 3.29. The Morgan fingerprint density at radius 2 is 2.19 bits per heavy atom. The van der Waals surface area contributed by atoms with Gasteiger partial charge in [0, 0.05) is 16.5 Å². The van der Waals surface area contributed by atoms with Crippen molar-refractivity contribution in [2.24, 2.45) is 4.99 Å². The average molecular weight is 406 g/mol. The fourth-order valence-corrected chi connectivity index (χ4v) is 6.78. The van der Waals surface area contributed by atoms with Crippen molar-refractivity contribution in [2.45, 2.75) is 24.8 Å². The van der Waals surface area contributed by atoms with Crippen molar-refractivity contribution >= 4 is 38.4 Å². The lowest BCUT2D eigenvalue weighted by atomic mass is 10.1. The van der Waals surface area contributed by atoms with E-state index in [9.17, 15) is 13.2 Å². The van der Waals surface area contributed by atoms with Crippen molar-refractivity contribution in [1.82, 2.24) is 5.32 Å². The van der Waals surface area contributed by atoms with Crippen LogP contribution in [0.15, 0.2) is 46.0 Å². The molecule has 0 unspecified atom stereocenters. The number of fused-ring (bicyclic) bond motifs is 1. The second kappa shape index (κ2) is 7.05. The molecule has 1 fully saturated rings. The molecule has 0 radical (unpaired) electrons. The summed E-state index contributed by atoms with van der Waals surface area (Å²) in [5, 5.41) is 6.76. The van der Waals surface area contributed by atoms with Crippen LogP contribution < -0.4 is 10.6 Å². The van der Waals surface area contributed by atoms with Gasteiger partial charge in [0.2, 0.25) is 0 Å². The van der Waals surface area contributed by atoms with Gasteiger partial charge < -0.3 is 15.1 Å². The van der Waals surface area contributed by atoms with Crippen molar-refractivity contribution in [3.8, 4) is 0 Å². The third-order valence-corrected chi connectivity index (χ3v) is 7.70. The number of aliphatic imine (C=N–C) groups is 1. The molecule has 2 N–H and O–H groups in total. The Morgan fingerprint density at radius 3 is 2.93 bits per heavy atom. The third kappa shape index (κ3) is 4.03. The Morgan fingerprint density at radius 1 is 1.33 bits per heavy atom. The van der Waals surface area contributed by atoms with Gasteiger partial charge in [-0.05, 0) is 36.8 Å². The maximum atomic E-state index is 12.4. The SMILES string of the molecule is Cc1ccc(C(=O)NCc2ccco2)cc1NC1=N[C@H]2CS(=O)(=O)C[C@@H]2S1. The van der Waals surface area contributed by atoms with Gasteiger partial charge in [0.25, 0.3) is 5.91 Å². The second-order valence-corrected chi connectivity index (χ2v) is 10.0. The number of nitrogens with one attached hydrogen (secondary N) is 2. The van der Waals surface area contributed by atoms with E-state index in [0.717, 1.165) is 11.3 Å². The molecular formula is C18H19N3O4S2. The van der Waals surface area contributed by atoms with Crippen molar-refractivity contribution < 1.29 is 17.6 Å². The molecule has 0 bridgehead atoms. The minimum atomic E-state index is -2.97. The lowest BCUT2D eigenvalue weighted by Crippen LogP contribution is -2.22. The van der Waals surface area contributed by atoms with Gasteiger partial charge in [-0.25, -0.2) is 8.42 Å². The van der Waals surface area contributed by atoms with Crippen LogP contribution in [0.5, 0.6) is 0 Å². The van der Waals surface area contributed by atoms with Crippen LogP contribution in [-0.4, -0.2) is 42.3 Å². The van der Waals surface area contributed by atoms with Crippen molar-refractivity contribution in [2.75, 3.05) is 16.8 Å². The van der Waals surface area contributed by atoms with E-state index in [1.807, 2.05) is 13.0 Å². The van der Waals surface area contributed by atoms with Crippen LogP contribution in [0.3, 0.4) is 0 Å². The lowest BCUT2D eigenvalue weighted by molar-refractivity contribution is 0.0948. The summed E-state index contributed by atoms with van der Waals surface area (Å²) >= 11 is 1.46. The highest BCUT2D eigenvalue weighted by atomic mass is 32.2. The van der Waals surface area contributed by atoms with Gasteiger partial charge >= 0.3 is 0 Å². The van der Waals surface area contributed by atoms with Crippen LogP contribution in [0.1, 0.15) is 21.7 Å². The van der Waals surface area contributed by atoms with E-state index in [2.05, 4.69) is 15.6 Å². The number of nitrogens with zero attached hydrogens (tertiary/aromatic N) is 1. The highest BCUT2D eigenvalue weighted by molar-refractivity contribution is 8.15. The Hall–Kier alpha value is -2.26. The Balaban J connectivity index is 1.44. The second-order valence-electron chi connectivity index (χ2n) is 6.65. The van der Waals surface area contributed by atoms with E-state index in [1.165, 1.54) is 11.8 Å². The minimum absolute atomic E-state index is 0.0161. The van der Waals surface area contributed by atoms with E-state index >= 15 is 0 Å². The summed E-state index contributed by atoms with van der Waals surface area (Å²) in [5.41, 5.74) is 2.29. The molecule has 2 aliphatic heterocycles. The van der Waals surface area contributed by atoms with Crippen LogP contribution in [-0.2, 0) is 16.4 Å². The van der Waals surface area contributed by atoms with Crippen LogP contribution in [0, 0.1) is 6.92 Å². The van der Waals surface area contributed by atoms with E-state index in [-0.39, 0.29) is 28.7 Å². The summed E-state index contributed by atoms with van der Waals surface area (Å²) in [6.07, 6.45) is 1.57. The quantitative estimate of drug-likeness (QED) is 0.809. The molecule has 1 aromatic heterocycles. The number of furan rings is 1. The first-order valence-corrected chi connectivity index (χ1v) is 11.2. The number of anilines is 1. The summed E-state index contributed by atoms with van der Waals surface area (Å²) in [5.74, 6) is 0.778. The standard InChI is InChI=1S/C18H19N3O4S2/c1-11-4-5-12(17(22)19-8-13-3-2-6-25-13)7-14(11)20-18-21-15-9-27(23,24)10-16(15)26-18/h2-7,15-16H,8-10H2,1H3,(H,19,22)(H,20,21)/t15-,16-/m0/s1. The fraction of sp³-hybridized carbons (Fsp3) is 0.333. The maximum absolute atomic E-state index is 12.4. The molecule has 1 aromatic carbocycles. The summed E-state index contributed by atoms with van der Waals surface area (Å²) in [7, 11) is -2.97. The van der Waals surface area contributed by atoms with Crippen LogP contribution in [0.25, 0.3) is 0 Å². The van der Waals surface area contributed by atoms with E-state index in [1.54, 1.807) is 30.5 Å². The molecule has 0 spiro atoms. The molecule has 0 aliphatic carbocycles. The molecule has 2 atom stereocenters. The van der Waals surface area contributed by atoms with Crippen molar-refractivity contribution in [1.29, 1.82) is 0 Å². The number of aryl methyl sites for hydroxylation is 1. The summed E-state index contributed by atoms with van der Waals surface area (Å²) < 4.78 is 28.6. The normalized spacial score (nSPS) is 22.9. The van der Waals surface area contributed by atoms with Gasteiger partial charge in [0.1, 0.15) is 5.76 Å². The number of carbonyl (C=O) groups is 1. The number of amidine groups is 1. The first-order chi connectivity index (χ1) is 12.9. The predicted octanol–water partition coefficient (Wildman–Crippen LogP) is 2.20. The molecule has 2 aliphatic rings. The Bertz CT molecular complexity index is 1000. The first-order valence-electron chi connectivity index (χ1n) is 8.53. The summed E-state index contributed by atoms with van der Waals surface area (Å²) in [6, 6.07) is 8.81. The van der Waals surface area contributed by atoms with Gasteiger partial charge in [0.05, 0.1) is 30.4 Å². The highest BCUT2D eigenvalue weighted by Gasteiger charge is 2.42. The zero-order chi connectivity index (χ0) is 19.0. The number of sulfone groups is 1. The lowest BCUT2D eigenvalue weighted by Gasteiger charge is -2.12. The molecule has 1 saturated heterocycles. The van der Waals surface area contributed by atoms with E-state index in [0.29, 0.717) is 23.0 Å². The highest BCUT2D eigenvalue weighted by Crippen LogP contribution is 2.35. The zero-order valence-electron chi connectivity index (χ0n) is 14.6. The molecule has 142 valence electrons. The largest absolute Gasteiger partial charge is 0.467 e. The van der Waals surface area contributed by atoms with Gasteiger partial charge in [0.15, 0.2) is 15.0 Å². The van der Waals surface area contributed by atoms with Crippen LogP contribution >= 0.6 is 11.8 Å². The first kappa shape index (κ1) is 18.1. The molecule has 27 heavy (non-hydrogen) atoms. The third-order valence-electron chi connectivity index (χ3n) is 4.56. The molecule has 0 saturated carbocycles. The number of hydrogen-bond acceptors (Lipinski definition) is 7. The predicted molar refractivity (Wildman–Crippen MR) is 106 cm³/mol. The fourth-order valence-electron chi connectivity index (χ4n) is 3.11. The van der Waals surface area contributed by atoms with Gasteiger partial charge in [-0.15, -0.1) is 0 Å². The molecular weight excluding hydrogens is 386 g/mol. The molecule has 7 nitrogen and oxygen atoms in total. The number of thioether (sulfide) groups is 1. The maximum Gasteiger partial charge on any atom is 0.251 e. The van der Waals surface area contributed by atoms with Crippen LogP contribution in [0.4, 0.5) is 5.69 Å². The van der Waals surface area contributed by atoms with E-state index in [4.69, 9.17) is 4.42 Å². The minimum Gasteiger partial charge on any atom is -0.467 e. The number of rotatable bonds is 4. The molecule has 2 aromatic rings. The van der Waals surface area contributed by atoms with Gasteiger partial charge in [-0.3, -0.25) is 9.79 Å². The molecule has 9 heteroatoms.